The van der Waals surface area contributed by atoms with Gasteiger partial charge in [0.2, 0.25) is 5.89 Å². The van der Waals surface area contributed by atoms with Crippen molar-refractivity contribution in [3.8, 4) is 10.4 Å². The Kier molecular flexibility index (Phi) is 5.97. The zero-order valence-corrected chi connectivity index (χ0v) is 16.3. The molecule has 142 valence electrons. The molecule has 2 aromatic heterocycles. The van der Waals surface area contributed by atoms with Crippen LogP contribution in [0.5, 0.6) is 0 Å². The third kappa shape index (κ3) is 4.64. The smallest absolute Gasteiger partial charge is 0.240 e. The molecule has 3 aromatic rings. The van der Waals surface area contributed by atoms with Gasteiger partial charge in [-0.15, -0.1) is 11.3 Å². The van der Waals surface area contributed by atoms with Crippen molar-refractivity contribution in [1.82, 2.24) is 15.0 Å². The van der Waals surface area contributed by atoms with Crippen LogP contribution in [-0.2, 0) is 19.6 Å². The Labute approximate surface area is 164 Å². The Morgan fingerprint density at radius 3 is 2.59 bits per heavy atom. The van der Waals surface area contributed by atoms with Gasteiger partial charge in [-0.25, -0.2) is 0 Å². The van der Waals surface area contributed by atoms with Crippen molar-refractivity contribution in [2.75, 3.05) is 0 Å². The third-order valence-corrected chi connectivity index (χ3v) is 6.32. The Hall–Kier alpha value is -2.02. The summed E-state index contributed by atoms with van der Waals surface area (Å²) in [5.74, 6) is 1.25. The minimum absolute atomic E-state index is 0.293. The number of hydrogen-bond donors (Lipinski definition) is 1. The number of aromatic nitrogens is 2. The first-order valence-electron chi connectivity index (χ1n) is 9.71. The van der Waals surface area contributed by atoms with E-state index >= 15 is 0 Å². The average Bonchev–Trinajstić information content (AvgIpc) is 3.38. The fourth-order valence-corrected chi connectivity index (χ4v) is 4.84. The zero-order valence-electron chi connectivity index (χ0n) is 15.5. The Morgan fingerprint density at radius 2 is 1.85 bits per heavy atom. The summed E-state index contributed by atoms with van der Waals surface area (Å²) < 4.78 is 5.20. The number of hydrogen-bond acceptors (Lipinski definition) is 6. The Bertz CT molecular complexity index is 839. The van der Waals surface area contributed by atoms with Gasteiger partial charge in [-0.05, 0) is 30.5 Å². The molecule has 6 heteroatoms. The van der Waals surface area contributed by atoms with E-state index in [1.54, 1.807) is 0 Å². The average molecular weight is 383 g/mol. The van der Waals surface area contributed by atoms with Gasteiger partial charge in [0.05, 0.1) is 13.1 Å². The van der Waals surface area contributed by atoms with Crippen LogP contribution in [0.15, 0.2) is 47.0 Å². The van der Waals surface area contributed by atoms with Gasteiger partial charge in [0.25, 0.3) is 0 Å². The summed E-state index contributed by atoms with van der Waals surface area (Å²) in [6, 6.07) is 15.6. The van der Waals surface area contributed by atoms with Crippen molar-refractivity contribution in [2.24, 2.45) is 5.73 Å². The van der Waals surface area contributed by atoms with Gasteiger partial charge in [0.1, 0.15) is 0 Å². The van der Waals surface area contributed by atoms with Crippen molar-refractivity contribution >= 4 is 11.3 Å². The first-order chi connectivity index (χ1) is 13.3. The molecule has 0 radical (unpaired) electrons. The Balaban J connectivity index is 1.50. The molecule has 0 spiro atoms. The number of thiophene rings is 1. The minimum atomic E-state index is 0.293. The summed E-state index contributed by atoms with van der Waals surface area (Å²) in [5, 5.41) is 4.11. The molecule has 5 nitrogen and oxygen atoms in total. The van der Waals surface area contributed by atoms with Crippen LogP contribution in [-0.4, -0.2) is 21.1 Å². The number of nitrogens with zero attached hydrogens (tertiary/aromatic N) is 3. The largest absolute Gasteiger partial charge is 0.338 e. The molecular formula is C21H26N4OS. The molecule has 0 bridgehead atoms. The summed E-state index contributed by atoms with van der Waals surface area (Å²) in [5.41, 5.74) is 6.89. The maximum Gasteiger partial charge on any atom is 0.240 e. The number of benzene rings is 1. The van der Waals surface area contributed by atoms with Crippen molar-refractivity contribution in [3.63, 3.8) is 0 Å². The van der Waals surface area contributed by atoms with Crippen LogP contribution in [0.25, 0.3) is 10.4 Å². The zero-order chi connectivity index (χ0) is 18.5. The summed E-state index contributed by atoms with van der Waals surface area (Å²) in [6.45, 7) is 1.93. The fraction of sp³-hybridized carbons (Fsp3) is 0.429. The third-order valence-electron chi connectivity index (χ3n) is 5.20. The predicted molar refractivity (Wildman–Crippen MR) is 108 cm³/mol. The van der Waals surface area contributed by atoms with Gasteiger partial charge < -0.3 is 10.3 Å². The van der Waals surface area contributed by atoms with Gasteiger partial charge in [-0.2, -0.15) is 4.98 Å². The second-order valence-electron chi connectivity index (χ2n) is 7.14. The van der Waals surface area contributed by atoms with Crippen LogP contribution in [0.3, 0.4) is 0 Å². The molecule has 1 aromatic carbocycles. The van der Waals surface area contributed by atoms with Crippen LogP contribution in [0.4, 0.5) is 0 Å². The summed E-state index contributed by atoms with van der Waals surface area (Å²) in [6.07, 6.45) is 6.46. The molecule has 2 N–H and O–H groups in total. The van der Waals surface area contributed by atoms with E-state index < -0.39 is 0 Å². The lowest BCUT2D eigenvalue weighted by Gasteiger charge is -2.33. The normalized spacial score (nSPS) is 15.5. The number of nitrogens with two attached hydrogens (primary N) is 1. The first kappa shape index (κ1) is 18.3. The molecule has 0 aliphatic heterocycles. The maximum absolute atomic E-state index is 5.61. The molecule has 0 saturated heterocycles. The molecule has 1 saturated carbocycles. The second-order valence-corrected chi connectivity index (χ2v) is 8.31. The van der Waals surface area contributed by atoms with Crippen molar-refractivity contribution in [2.45, 2.75) is 57.8 Å². The van der Waals surface area contributed by atoms with Crippen LogP contribution in [0, 0.1) is 0 Å². The summed E-state index contributed by atoms with van der Waals surface area (Å²) in [4.78, 5) is 9.63. The van der Waals surface area contributed by atoms with Crippen molar-refractivity contribution in [3.05, 3.63) is 59.1 Å². The Morgan fingerprint density at radius 1 is 1.04 bits per heavy atom. The standard InChI is InChI=1S/C21H26N4OS/c22-13-21-23-20(24-26-21)15-25(17-9-5-2-6-10-17)14-18-11-12-19(27-18)16-7-3-1-4-8-16/h1,3-4,7-8,11-12,17H,2,5-6,9-10,13-15,22H2. The van der Waals surface area contributed by atoms with Crippen LogP contribution >= 0.6 is 11.3 Å². The maximum atomic E-state index is 5.61. The molecular weight excluding hydrogens is 356 g/mol. The highest BCUT2D eigenvalue weighted by atomic mass is 32.1. The van der Waals surface area contributed by atoms with E-state index in [4.69, 9.17) is 10.3 Å². The molecule has 4 rings (SSSR count). The molecule has 1 aliphatic rings. The minimum Gasteiger partial charge on any atom is -0.338 e. The molecule has 1 fully saturated rings. The van der Waals surface area contributed by atoms with E-state index in [1.807, 2.05) is 11.3 Å². The van der Waals surface area contributed by atoms with E-state index in [9.17, 15) is 0 Å². The molecule has 0 amide bonds. The van der Waals surface area contributed by atoms with Gasteiger partial charge in [0, 0.05) is 22.3 Å². The lowest BCUT2D eigenvalue weighted by Crippen LogP contribution is -2.36. The van der Waals surface area contributed by atoms with E-state index in [-0.39, 0.29) is 0 Å². The molecule has 0 atom stereocenters. The lowest BCUT2D eigenvalue weighted by atomic mass is 9.94. The lowest BCUT2D eigenvalue weighted by molar-refractivity contribution is 0.136. The van der Waals surface area contributed by atoms with Crippen LogP contribution in [0.2, 0.25) is 0 Å². The van der Waals surface area contributed by atoms with Crippen LogP contribution in [0.1, 0.15) is 48.7 Å². The van der Waals surface area contributed by atoms with Gasteiger partial charge >= 0.3 is 0 Å². The van der Waals surface area contributed by atoms with Gasteiger partial charge in [0.15, 0.2) is 5.82 Å². The van der Waals surface area contributed by atoms with Gasteiger partial charge in [-0.3, -0.25) is 4.90 Å². The van der Waals surface area contributed by atoms with E-state index in [0.29, 0.717) is 25.0 Å². The summed E-state index contributed by atoms with van der Waals surface area (Å²) >= 11 is 1.87. The topological polar surface area (TPSA) is 68.2 Å². The highest BCUT2D eigenvalue weighted by molar-refractivity contribution is 7.15. The van der Waals surface area contributed by atoms with Gasteiger partial charge in [-0.1, -0.05) is 54.8 Å². The van der Waals surface area contributed by atoms with E-state index in [1.165, 1.54) is 47.4 Å². The molecule has 27 heavy (non-hydrogen) atoms. The summed E-state index contributed by atoms with van der Waals surface area (Å²) in [7, 11) is 0. The molecule has 2 heterocycles. The molecule has 1 aliphatic carbocycles. The monoisotopic (exact) mass is 382 g/mol. The van der Waals surface area contributed by atoms with Crippen molar-refractivity contribution < 1.29 is 4.52 Å². The van der Waals surface area contributed by atoms with Crippen molar-refractivity contribution in [1.29, 1.82) is 0 Å². The van der Waals surface area contributed by atoms with Crippen LogP contribution < -0.4 is 5.73 Å². The first-order valence-corrected chi connectivity index (χ1v) is 10.5. The fourth-order valence-electron chi connectivity index (χ4n) is 3.80. The predicted octanol–water partition coefficient (Wildman–Crippen LogP) is 4.59. The SMILES string of the molecule is NCc1nc(CN(Cc2ccc(-c3ccccc3)s2)C2CCCCC2)no1. The molecule has 0 unspecified atom stereocenters. The number of rotatable bonds is 7. The second kappa shape index (κ2) is 8.78. The van der Waals surface area contributed by atoms with E-state index in [2.05, 4.69) is 57.5 Å². The highest BCUT2D eigenvalue weighted by Gasteiger charge is 2.23. The highest BCUT2D eigenvalue weighted by Crippen LogP contribution is 2.31. The quantitative estimate of drug-likeness (QED) is 0.647. The van der Waals surface area contributed by atoms with E-state index in [0.717, 1.165) is 12.4 Å².